The number of fused-ring (bicyclic) bond motifs is 1. The SMILES string of the molecule is CCOC(=O)[C@H](N)Cc1c(Br)[nH]c2ccccc12. The zero-order valence-electron chi connectivity index (χ0n) is 10.1. The molecule has 0 amide bonds. The summed E-state index contributed by atoms with van der Waals surface area (Å²) in [6.07, 6.45) is 0.448. The predicted molar refractivity (Wildman–Crippen MR) is 74.3 cm³/mol. The monoisotopic (exact) mass is 310 g/mol. The summed E-state index contributed by atoms with van der Waals surface area (Å²) in [5, 5.41) is 1.07. The molecular formula is C13H15BrN2O2. The van der Waals surface area contributed by atoms with Gasteiger partial charge in [-0.25, -0.2) is 0 Å². The third-order valence-corrected chi connectivity index (χ3v) is 3.45. The van der Waals surface area contributed by atoms with E-state index < -0.39 is 6.04 Å². The van der Waals surface area contributed by atoms with Gasteiger partial charge in [-0.1, -0.05) is 18.2 Å². The van der Waals surface area contributed by atoms with E-state index in [1.807, 2.05) is 24.3 Å². The molecule has 1 aromatic carbocycles. The number of nitrogens with one attached hydrogen (secondary N) is 1. The van der Waals surface area contributed by atoms with Gasteiger partial charge in [0.05, 0.1) is 11.2 Å². The van der Waals surface area contributed by atoms with Gasteiger partial charge in [0.2, 0.25) is 0 Å². The number of carbonyl (C=O) groups is 1. The van der Waals surface area contributed by atoms with Gasteiger partial charge < -0.3 is 15.5 Å². The van der Waals surface area contributed by atoms with E-state index in [0.29, 0.717) is 13.0 Å². The first-order valence-electron chi connectivity index (χ1n) is 5.80. The van der Waals surface area contributed by atoms with Crippen molar-refractivity contribution in [3.05, 3.63) is 34.4 Å². The van der Waals surface area contributed by atoms with E-state index in [4.69, 9.17) is 10.5 Å². The highest BCUT2D eigenvalue weighted by molar-refractivity contribution is 9.10. The van der Waals surface area contributed by atoms with Crippen molar-refractivity contribution in [1.82, 2.24) is 4.98 Å². The smallest absolute Gasteiger partial charge is 0.323 e. The van der Waals surface area contributed by atoms with Crippen LogP contribution in [0.5, 0.6) is 0 Å². The van der Waals surface area contributed by atoms with Gasteiger partial charge in [0.25, 0.3) is 0 Å². The molecule has 0 unspecified atom stereocenters. The third-order valence-electron chi connectivity index (χ3n) is 2.77. The number of aromatic amines is 1. The molecule has 0 aliphatic heterocycles. The molecule has 0 fully saturated rings. The van der Waals surface area contributed by atoms with Crippen LogP contribution in [0.2, 0.25) is 0 Å². The fraction of sp³-hybridized carbons (Fsp3) is 0.308. The highest BCUT2D eigenvalue weighted by atomic mass is 79.9. The van der Waals surface area contributed by atoms with Crippen LogP contribution in [0.4, 0.5) is 0 Å². The van der Waals surface area contributed by atoms with Crippen molar-refractivity contribution in [2.45, 2.75) is 19.4 Å². The minimum Gasteiger partial charge on any atom is -0.465 e. The maximum Gasteiger partial charge on any atom is 0.323 e. The Bertz CT molecular complexity index is 565. The molecule has 0 spiro atoms. The van der Waals surface area contributed by atoms with Crippen LogP contribution in [0.15, 0.2) is 28.9 Å². The Hall–Kier alpha value is -1.33. The number of benzene rings is 1. The van der Waals surface area contributed by atoms with Crippen molar-refractivity contribution >= 4 is 32.8 Å². The Morgan fingerprint density at radius 3 is 2.94 bits per heavy atom. The lowest BCUT2D eigenvalue weighted by Gasteiger charge is -2.10. The van der Waals surface area contributed by atoms with Crippen LogP contribution in [0.3, 0.4) is 0 Å². The number of H-pyrrole nitrogens is 1. The number of para-hydroxylation sites is 1. The first-order chi connectivity index (χ1) is 8.63. The van der Waals surface area contributed by atoms with E-state index >= 15 is 0 Å². The van der Waals surface area contributed by atoms with Crippen LogP contribution in [-0.4, -0.2) is 23.6 Å². The van der Waals surface area contributed by atoms with Gasteiger partial charge in [-0.05, 0) is 34.5 Å². The summed E-state index contributed by atoms with van der Waals surface area (Å²) >= 11 is 3.46. The number of nitrogens with two attached hydrogens (primary N) is 1. The molecule has 2 rings (SSSR count). The second-order valence-electron chi connectivity index (χ2n) is 4.03. The standard InChI is InChI=1S/C13H15BrN2O2/c1-2-18-13(17)10(15)7-9-8-5-3-4-6-11(8)16-12(9)14/h3-6,10,16H,2,7,15H2,1H3/t10-/m1/s1. The van der Waals surface area contributed by atoms with Gasteiger partial charge in [0.15, 0.2) is 0 Å². The zero-order valence-corrected chi connectivity index (χ0v) is 11.7. The minimum absolute atomic E-state index is 0.349. The number of hydrogen-bond donors (Lipinski definition) is 2. The molecule has 0 bridgehead atoms. The highest BCUT2D eigenvalue weighted by Gasteiger charge is 2.19. The Morgan fingerprint density at radius 1 is 1.50 bits per heavy atom. The largest absolute Gasteiger partial charge is 0.465 e. The van der Waals surface area contributed by atoms with Crippen molar-refractivity contribution < 1.29 is 9.53 Å². The summed E-state index contributed by atoms with van der Waals surface area (Å²) in [5.41, 5.74) is 7.87. The summed E-state index contributed by atoms with van der Waals surface area (Å²) < 4.78 is 5.78. The summed E-state index contributed by atoms with van der Waals surface area (Å²) in [5.74, 6) is -0.366. The first-order valence-corrected chi connectivity index (χ1v) is 6.60. The highest BCUT2D eigenvalue weighted by Crippen LogP contribution is 2.27. The Morgan fingerprint density at radius 2 is 2.22 bits per heavy atom. The fourth-order valence-electron chi connectivity index (χ4n) is 1.92. The maximum absolute atomic E-state index is 11.5. The molecule has 1 heterocycles. The molecule has 1 aromatic heterocycles. The second kappa shape index (κ2) is 5.54. The van der Waals surface area contributed by atoms with E-state index in [0.717, 1.165) is 21.1 Å². The van der Waals surface area contributed by atoms with Crippen molar-refractivity contribution in [1.29, 1.82) is 0 Å². The van der Waals surface area contributed by atoms with E-state index in [1.165, 1.54) is 0 Å². The molecule has 0 aliphatic rings. The fourth-order valence-corrected chi connectivity index (χ4v) is 2.51. The minimum atomic E-state index is -0.638. The van der Waals surface area contributed by atoms with Crippen molar-refractivity contribution in [2.75, 3.05) is 6.61 Å². The second-order valence-corrected chi connectivity index (χ2v) is 4.82. The summed E-state index contributed by atoms with van der Waals surface area (Å²) in [4.78, 5) is 14.8. The van der Waals surface area contributed by atoms with Gasteiger partial charge in [0.1, 0.15) is 6.04 Å². The van der Waals surface area contributed by atoms with E-state index in [9.17, 15) is 4.79 Å². The molecule has 5 heteroatoms. The molecule has 4 nitrogen and oxygen atoms in total. The summed E-state index contributed by atoms with van der Waals surface area (Å²) in [6, 6.07) is 7.27. The van der Waals surface area contributed by atoms with Crippen LogP contribution < -0.4 is 5.73 Å². The predicted octanol–water partition coefficient (Wildman–Crippen LogP) is 2.36. The molecule has 96 valence electrons. The molecule has 18 heavy (non-hydrogen) atoms. The molecule has 1 atom stereocenters. The van der Waals surface area contributed by atoms with Crippen LogP contribution >= 0.6 is 15.9 Å². The van der Waals surface area contributed by atoms with Crippen LogP contribution in [0.1, 0.15) is 12.5 Å². The normalized spacial score (nSPS) is 12.6. The number of ether oxygens (including phenoxy) is 1. The molecule has 0 saturated heterocycles. The number of rotatable bonds is 4. The lowest BCUT2D eigenvalue weighted by atomic mass is 10.1. The molecule has 0 saturated carbocycles. The summed E-state index contributed by atoms with van der Waals surface area (Å²) in [7, 11) is 0. The van der Waals surface area contributed by atoms with Gasteiger partial charge >= 0.3 is 5.97 Å². The van der Waals surface area contributed by atoms with Gasteiger partial charge in [-0.3, -0.25) is 4.79 Å². The zero-order chi connectivity index (χ0) is 13.1. The number of hydrogen-bond acceptors (Lipinski definition) is 3. The maximum atomic E-state index is 11.5. The van der Waals surface area contributed by atoms with Crippen LogP contribution in [0.25, 0.3) is 10.9 Å². The molecule has 0 aliphatic carbocycles. The van der Waals surface area contributed by atoms with E-state index in [-0.39, 0.29) is 5.97 Å². The average molecular weight is 311 g/mol. The van der Waals surface area contributed by atoms with E-state index in [2.05, 4.69) is 20.9 Å². The Labute approximate surface area is 114 Å². The Kier molecular flexibility index (Phi) is 4.04. The lowest BCUT2D eigenvalue weighted by Crippen LogP contribution is -2.34. The van der Waals surface area contributed by atoms with Crippen molar-refractivity contribution in [3.63, 3.8) is 0 Å². The lowest BCUT2D eigenvalue weighted by molar-refractivity contribution is -0.144. The number of carbonyl (C=O) groups excluding carboxylic acids is 1. The van der Waals surface area contributed by atoms with Crippen LogP contribution in [-0.2, 0) is 16.0 Å². The molecule has 0 radical (unpaired) electrons. The quantitative estimate of drug-likeness (QED) is 0.852. The van der Waals surface area contributed by atoms with E-state index in [1.54, 1.807) is 6.92 Å². The number of aromatic nitrogens is 1. The van der Waals surface area contributed by atoms with Crippen LogP contribution in [0, 0.1) is 0 Å². The topological polar surface area (TPSA) is 68.1 Å². The van der Waals surface area contributed by atoms with Crippen molar-refractivity contribution in [2.24, 2.45) is 5.73 Å². The number of halogens is 1. The Balaban J connectivity index is 2.26. The molecule has 2 aromatic rings. The summed E-state index contributed by atoms with van der Waals surface area (Å²) in [6.45, 7) is 2.12. The number of esters is 1. The third kappa shape index (κ3) is 2.57. The van der Waals surface area contributed by atoms with Gasteiger partial charge in [-0.2, -0.15) is 0 Å². The van der Waals surface area contributed by atoms with Gasteiger partial charge in [0, 0.05) is 17.3 Å². The molecule has 3 N–H and O–H groups in total. The van der Waals surface area contributed by atoms with Crippen molar-refractivity contribution in [3.8, 4) is 0 Å². The molecular weight excluding hydrogens is 296 g/mol. The average Bonchev–Trinajstić information content (AvgIpc) is 2.66. The first kappa shape index (κ1) is 13.1. The van der Waals surface area contributed by atoms with Gasteiger partial charge in [-0.15, -0.1) is 0 Å².